The Labute approximate surface area is 74.8 Å². The van der Waals surface area contributed by atoms with E-state index in [9.17, 15) is 9.18 Å². The van der Waals surface area contributed by atoms with E-state index in [1.54, 1.807) is 13.0 Å². The molecular weight excluding hydrogens is 175 g/mol. The van der Waals surface area contributed by atoms with Crippen LogP contribution in [0.15, 0.2) is 18.2 Å². The maximum atomic E-state index is 12.7. The highest BCUT2D eigenvalue weighted by Crippen LogP contribution is 2.15. The maximum Gasteiger partial charge on any atom is 0.341 e. The van der Waals surface area contributed by atoms with Crippen molar-refractivity contribution in [1.29, 1.82) is 0 Å². The zero-order valence-corrected chi connectivity index (χ0v) is 7.08. The van der Waals surface area contributed by atoms with Gasteiger partial charge in [-0.05, 0) is 24.6 Å². The second-order valence-corrected chi connectivity index (χ2v) is 2.65. The van der Waals surface area contributed by atoms with Crippen molar-refractivity contribution in [2.45, 2.75) is 6.92 Å². The third kappa shape index (κ3) is 3.11. The van der Waals surface area contributed by atoms with E-state index in [2.05, 4.69) is 0 Å². The summed E-state index contributed by atoms with van der Waals surface area (Å²) in [5.41, 5.74) is 0.695. The minimum atomic E-state index is -1.08. The summed E-state index contributed by atoms with van der Waals surface area (Å²) in [4.78, 5) is 10.1. The average molecular weight is 184 g/mol. The molecule has 0 saturated carbocycles. The molecule has 0 aromatic heterocycles. The molecule has 0 atom stereocenters. The van der Waals surface area contributed by atoms with Crippen molar-refractivity contribution in [2.75, 3.05) is 6.61 Å². The molecule has 0 spiro atoms. The van der Waals surface area contributed by atoms with Crippen molar-refractivity contribution in [2.24, 2.45) is 0 Å². The summed E-state index contributed by atoms with van der Waals surface area (Å²) >= 11 is 0. The van der Waals surface area contributed by atoms with E-state index in [4.69, 9.17) is 9.84 Å². The van der Waals surface area contributed by atoms with Crippen LogP contribution in [0.1, 0.15) is 5.56 Å². The molecule has 1 aromatic rings. The first-order valence-electron chi connectivity index (χ1n) is 3.70. The van der Waals surface area contributed by atoms with Crippen molar-refractivity contribution in [3.05, 3.63) is 29.6 Å². The average Bonchev–Trinajstić information content (AvgIpc) is 1.99. The van der Waals surface area contributed by atoms with E-state index < -0.39 is 18.4 Å². The first-order chi connectivity index (χ1) is 6.08. The molecule has 0 aliphatic heterocycles. The van der Waals surface area contributed by atoms with Gasteiger partial charge in [0.15, 0.2) is 6.61 Å². The predicted octanol–water partition coefficient (Wildman–Crippen LogP) is 1.60. The number of carboxylic acid groups (broad SMARTS) is 1. The maximum absolute atomic E-state index is 12.7. The number of ether oxygens (including phenoxy) is 1. The number of hydrogen-bond donors (Lipinski definition) is 1. The monoisotopic (exact) mass is 184 g/mol. The molecule has 0 amide bonds. The Hall–Kier alpha value is -1.58. The van der Waals surface area contributed by atoms with Crippen LogP contribution in [-0.2, 0) is 4.79 Å². The lowest BCUT2D eigenvalue weighted by atomic mass is 10.2. The Morgan fingerprint density at radius 2 is 2.23 bits per heavy atom. The lowest BCUT2D eigenvalue weighted by Crippen LogP contribution is -2.09. The molecule has 70 valence electrons. The SMILES string of the molecule is Cc1cc(F)cc(OCC(=O)O)c1. The fourth-order valence-corrected chi connectivity index (χ4v) is 0.931. The predicted molar refractivity (Wildman–Crippen MR) is 44.3 cm³/mol. The zero-order valence-electron chi connectivity index (χ0n) is 7.08. The molecule has 0 saturated heterocycles. The highest BCUT2D eigenvalue weighted by atomic mass is 19.1. The Balaban J connectivity index is 2.71. The van der Waals surface area contributed by atoms with Crippen LogP contribution >= 0.6 is 0 Å². The van der Waals surface area contributed by atoms with E-state index in [1.165, 1.54) is 6.07 Å². The van der Waals surface area contributed by atoms with Crippen LogP contribution in [0.4, 0.5) is 4.39 Å². The van der Waals surface area contributed by atoms with Crippen molar-refractivity contribution in [3.63, 3.8) is 0 Å². The topological polar surface area (TPSA) is 46.5 Å². The first kappa shape index (κ1) is 9.51. The number of aryl methyl sites for hydroxylation is 1. The standard InChI is InChI=1S/C9H9FO3/c1-6-2-7(10)4-8(3-6)13-5-9(11)12/h2-4H,5H2,1H3,(H,11,12). The van der Waals surface area contributed by atoms with Crippen LogP contribution in [0.5, 0.6) is 5.75 Å². The number of aliphatic carboxylic acids is 1. The minimum Gasteiger partial charge on any atom is -0.482 e. The smallest absolute Gasteiger partial charge is 0.341 e. The van der Waals surface area contributed by atoms with Gasteiger partial charge in [-0.25, -0.2) is 9.18 Å². The first-order valence-corrected chi connectivity index (χ1v) is 3.70. The van der Waals surface area contributed by atoms with Crippen LogP contribution in [-0.4, -0.2) is 17.7 Å². The van der Waals surface area contributed by atoms with E-state index in [0.29, 0.717) is 5.56 Å². The van der Waals surface area contributed by atoms with Gasteiger partial charge in [-0.15, -0.1) is 0 Å². The number of halogens is 1. The van der Waals surface area contributed by atoms with Gasteiger partial charge in [-0.3, -0.25) is 0 Å². The van der Waals surface area contributed by atoms with Gasteiger partial charge in [0.2, 0.25) is 0 Å². The van der Waals surface area contributed by atoms with Gasteiger partial charge in [0.25, 0.3) is 0 Å². The van der Waals surface area contributed by atoms with Gasteiger partial charge in [0.05, 0.1) is 0 Å². The lowest BCUT2D eigenvalue weighted by Gasteiger charge is -2.03. The molecule has 0 unspecified atom stereocenters. The molecule has 4 heteroatoms. The van der Waals surface area contributed by atoms with Crippen LogP contribution in [0, 0.1) is 12.7 Å². The highest BCUT2D eigenvalue weighted by molar-refractivity contribution is 5.68. The van der Waals surface area contributed by atoms with Crippen LogP contribution in [0.2, 0.25) is 0 Å². The minimum absolute atomic E-state index is 0.236. The molecule has 1 rings (SSSR count). The van der Waals surface area contributed by atoms with Crippen molar-refractivity contribution < 1.29 is 19.0 Å². The molecule has 0 radical (unpaired) electrons. The number of benzene rings is 1. The fraction of sp³-hybridized carbons (Fsp3) is 0.222. The van der Waals surface area contributed by atoms with Crippen LogP contribution in [0.3, 0.4) is 0 Å². The molecule has 0 heterocycles. The van der Waals surface area contributed by atoms with Gasteiger partial charge < -0.3 is 9.84 Å². The third-order valence-corrected chi connectivity index (χ3v) is 1.38. The zero-order chi connectivity index (χ0) is 9.84. The molecule has 0 fully saturated rings. The van der Waals surface area contributed by atoms with Crippen LogP contribution < -0.4 is 4.74 Å². The Kier molecular flexibility index (Phi) is 2.84. The van der Waals surface area contributed by atoms with Gasteiger partial charge in [-0.1, -0.05) is 0 Å². The second kappa shape index (κ2) is 3.89. The fourth-order valence-electron chi connectivity index (χ4n) is 0.931. The molecule has 0 aliphatic carbocycles. The van der Waals surface area contributed by atoms with Gasteiger partial charge in [0, 0.05) is 6.07 Å². The summed E-state index contributed by atoms with van der Waals surface area (Å²) in [6.45, 7) is 1.25. The normalized spacial score (nSPS) is 9.69. The number of carbonyl (C=O) groups is 1. The summed E-state index contributed by atoms with van der Waals surface area (Å²) < 4.78 is 17.5. The third-order valence-electron chi connectivity index (χ3n) is 1.38. The largest absolute Gasteiger partial charge is 0.482 e. The Bertz CT molecular complexity index is 302. The Morgan fingerprint density at radius 1 is 1.54 bits per heavy atom. The number of carboxylic acids is 1. The van der Waals surface area contributed by atoms with Crippen molar-refractivity contribution in [3.8, 4) is 5.75 Å². The number of rotatable bonds is 3. The molecule has 1 N–H and O–H groups in total. The summed E-state index contributed by atoms with van der Waals surface area (Å²) in [5, 5.41) is 8.29. The summed E-state index contributed by atoms with van der Waals surface area (Å²) in [5.74, 6) is -1.28. The quantitative estimate of drug-likeness (QED) is 0.776. The summed E-state index contributed by atoms with van der Waals surface area (Å²) in [7, 11) is 0. The summed E-state index contributed by atoms with van der Waals surface area (Å²) in [6.07, 6.45) is 0. The Morgan fingerprint density at radius 3 is 2.77 bits per heavy atom. The van der Waals surface area contributed by atoms with E-state index in [1.807, 2.05) is 0 Å². The van der Waals surface area contributed by atoms with E-state index in [0.717, 1.165) is 6.07 Å². The summed E-state index contributed by atoms with van der Waals surface area (Å²) in [6, 6.07) is 4.07. The molecule has 0 aliphatic rings. The number of hydrogen-bond acceptors (Lipinski definition) is 2. The molecular formula is C9H9FO3. The van der Waals surface area contributed by atoms with Crippen LogP contribution in [0.25, 0.3) is 0 Å². The van der Waals surface area contributed by atoms with E-state index in [-0.39, 0.29) is 5.75 Å². The van der Waals surface area contributed by atoms with Gasteiger partial charge in [-0.2, -0.15) is 0 Å². The molecule has 0 bridgehead atoms. The van der Waals surface area contributed by atoms with Crippen molar-refractivity contribution in [1.82, 2.24) is 0 Å². The van der Waals surface area contributed by atoms with Gasteiger partial charge >= 0.3 is 5.97 Å². The molecule has 13 heavy (non-hydrogen) atoms. The molecule has 3 nitrogen and oxygen atoms in total. The highest BCUT2D eigenvalue weighted by Gasteiger charge is 2.01. The van der Waals surface area contributed by atoms with Gasteiger partial charge in [0.1, 0.15) is 11.6 Å². The van der Waals surface area contributed by atoms with Crippen molar-refractivity contribution >= 4 is 5.97 Å². The second-order valence-electron chi connectivity index (χ2n) is 2.65. The lowest BCUT2D eigenvalue weighted by molar-refractivity contribution is -0.139. The van der Waals surface area contributed by atoms with E-state index >= 15 is 0 Å². The molecule has 1 aromatic carbocycles.